The Morgan fingerprint density at radius 2 is 2.00 bits per heavy atom. The van der Waals surface area contributed by atoms with E-state index < -0.39 is 0 Å². The maximum atomic E-state index is 4.31. The summed E-state index contributed by atoms with van der Waals surface area (Å²) in [6, 6.07) is 5.98. The van der Waals surface area contributed by atoms with Gasteiger partial charge in [0.05, 0.1) is 0 Å². The monoisotopic (exact) mass is 230 g/mol. The van der Waals surface area contributed by atoms with Crippen molar-refractivity contribution >= 4 is 0 Å². The molecular formula is C13H18N4. The standard InChI is InChI=1S/C13H18N4/c1-13(2,3)17-10-15-16-12(17)8-7-11-6-4-5-9-14-11/h4-6,9-10H,7-8H2,1-3H3. The van der Waals surface area contributed by atoms with Gasteiger partial charge in [-0.2, -0.15) is 0 Å². The summed E-state index contributed by atoms with van der Waals surface area (Å²) in [6.45, 7) is 6.46. The molecule has 0 aliphatic carbocycles. The second-order valence-electron chi connectivity index (χ2n) is 5.11. The lowest BCUT2D eigenvalue weighted by Gasteiger charge is -2.22. The van der Waals surface area contributed by atoms with E-state index in [1.165, 1.54) is 0 Å². The molecule has 4 nitrogen and oxygen atoms in total. The molecule has 0 aromatic carbocycles. The zero-order valence-electron chi connectivity index (χ0n) is 10.6. The maximum absolute atomic E-state index is 4.31. The molecule has 0 fully saturated rings. The molecule has 2 aromatic heterocycles. The van der Waals surface area contributed by atoms with E-state index in [4.69, 9.17) is 0 Å². The Balaban J connectivity index is 2.08. The summed E-state index contributed by atoms with van der Waals surface area (Å²) in [6.07, 6.45) is 5.39. The van der Waals surface area contributed by atoms with Gasteiger partial charge in [0.15, 0.2) is 0 Å². The normalized spacial score (nSPS) is 11.7. The van der Waals surface area contributed by atoms with Crippen molar-refractivity contribution in [3.63, 3.8) is 0 Å². The third kappa shape index (κ3) is 2.90. The number of aryl methyl sites for hydroxylation is 2. The highest BCUT2D eigenvalue weighted by atomic mass is 15.3. The summed E-state index contributed by atoms with van der Waals surface area (Å²) >= 11 is 0. The summed E-state index contributed by atoms with van der Waals surface area (Å²) in [5.74, 6) is 1.02. The molecule has 0 atom stereocenters. The van der Waals surface area contributed by atoms with Gasteiger partial charge >= 0.3 is 0 Å². The van der Waals surface area contributed by atoms with Gasteiger partial charge in [-0.25, -0.2) is 0 Å². The molecule has 0 spiro atoms. The first kappa shape index (κ1) is 11.8. The van der Waals surface area contributed by atoms with Crippen molar-refractivity contribution in [1.29, 1.82) is 0 Å². The Labute approximate surface area is 102 Å². The van der Waals surface area contributed by atoms with Crippen LogP contribution in [0, 0.1) is 0 Å². The molecule has 2 rings (SSSR count). The van der Waals surface area contributed by atoms with Crippen molar-refractivity contribution in [3.05, 3.63) is 42.2 Å². The molecule has 0 aliphatic heterocycles. The highest BCUT2D eigenvalue weighted by molar-refractivity contribution is 5.05. The lowest BCUT2D eigenvalue weighted by atomic mass is 10.1. The van der Waals surface area contributed by atoms with E-state index in [2.05, 4.69) is 40.5 Å². The first-order valence-corrected chi connectivity index (χ1v) is 5.86. The van der Waals surface area contributed by atoms with Crippen LogP contribution in [-0.4, -0.2) is 19.7 Å². The van der Waals surface area contributed by atoms with E-state index in [9.17, 15) is 0 Å². The molecule has 4 heteroatoms. The van der Waals surface area contributed by atoms with Gasteiger partial charge in [0.1, 0.15) is 12.2 Å². The number of nitrogens with zero attached hydrogens (tertiary/aromatic N) is 4. The highest BCUT2D eigenvalue weighted by Crippen LogP contribution is 2.15. The quantitative estimate of drug-likeness (QED) is 0.812. The number of rotatable bonds is 3. The van der Waals surface area contributed by atoms with Crippen LogP contribution >= 0.6 is 0 Å². The summed E-state index contributed by atoms with van der Waals surface area (Å²) in [7, 11) is 0. The second kappa shape index (κ2) is 4.65. The average Bonchev–Trinajstić information content (AvgIpc) is 2.75. The average molecular weight is 230 g/mol. The van der Waals surface area contributed by atoms with Gasteiger partial charge in [-0.15, -0.1) is 10.2 Å². The van der Waals surface area contributed by atoms with Crippen molar-refractivity contribution in [2.24, 2.45) is 0 Å². The summed E-state index contributed by atoms with van der Waals surface area (Å²) < 4.78 is 2.12. The van der Waals surface area contributed by atoms with Crippen LogP contribution in [0.3, 0.4) is 0 Å². The smallest absolute Gasteiger partial charge is 0.133 e. The third-order valence-electron chi connectivity index (χ3n) is 2.67. The van der Waals surface area contributed by atoms with E-state index >= 15 is 0 Å². The van der Waals surface area contributed by atoms with E-state index in [1.54, 1.807) is 6.33 Å². The van der Waals surface area contributed by atoms with Crippen molar-refractivity contribution in [3.8, 4) is 0 Å². The summed E-state index contributed by atoms with van der Waals surface area (Å²) in [4.78, 5) is 4.31. The van der Waals surface area contributed by atoms with Crippen LogP contribution in [0.25, 0.3) is 0 Å². The Morgan fingerprint density at radius 1 is 1.18 bits per heavy atom. The maximum Gasteiger partial charge on any atom is 0.133 e. The molecule has 2 heterocycles. The molecule has 0 bridgehead atoms. The SMILES string of the molecule is CC(C)(C)n1cnnc1CCc1ccccn1. The van der Waals surface area contributed by atoms with Gasteiger partial charge in [0.25, 0.3) is 0 Å². The minimum absolute atomic E-state index is 0.0307. The van der Waals surface area contributed by atoms with E-state index in [0.29, 0.717) is 0 Å². The number of hydrogen-bond acceptors (Lipinski definition) is 3. The van der Waals surface area contributed by atoms with Crippen LogP contribution < -0.4 is 0 Å². The van der Waals surface area contributed by atoms with E-state index in [1.807, 2.05) is 24.4 Å². The zero-order chi connectivity index (χ0) is 12.3. The van der Waals surface area contributed by atoms with Crippen LogP contribution in [0.15, 0.2) is 30.7 Å². The highest BCUT2D eigenvalue weighted by Gasteiger charge is 2.17. The molecule has 17 heavy (non-hydrogen) atoms. The predicted octanol–water partition coefficient (Wildman–Crippen LogP) is 2.21. The summed E-state index contributed by atoms with van der Waals surface area (Å²) in [5.41, 5.74) is 1.12. The fourth-order valence-corrected chi connectivity index (χ4v) is 1.78. The van der Waals surface area contributed by atoms with Gasteiger partial charge in [0, 0.05) is 23.9 Å². The van der Waals surface area contributed by atoms with Crippen LogP contribution in [-0.2, 0) is 18.4 Å². The van der Waals surface area contributed by atoms with Crippen LogP contribution in [0.4, 0.5) is 0 Å². The fraction of sp³-hybridized carbons (Fsp3) is 0.462. The Kier molecular flexibility index (Phi) is 3.22. The van der Waals surface area contributed by atoms with Gasteiger partial charge in [-0.1, -0.05) is 6.07 Å². The van der Waals surface area contributed by atoms with Crippen molar-refractivity contribution in [2.45, 2.75) is 39.2 Å². The minimum Gasteiger partial charge on any atom is -0.312 e. The number of hydrogen-bond donors (Lipinski definition) is 0. The lowest BCUT2D eigenvalue weighted by Crippen LogP contribution is -2.23. The van der Waals surface area contributed by atoms with Crippen LogP contribution in [0.2, 0.25) is 0 Å². The van der Waals surface area contributed by atoms with Crippen molar-refractivity contribution in [1.82, 2.24) is 19.7 Å². The summed E-state index contributed by atoms with van der Waals surface area (Å²) in [5, 5.41) is 8.18. The first-order chi connectivity index (χ1) is 8.07. The molecule has 0 unspecified atom stereocenters. The van der Waals surface area contributed by atoms with Crippen molar-refractivity contribution in [2.75, 3.05) is 0 Å². The van der Waals surface area contributed by atoms with Crippen molar-refractivity contribution < 1.29 is 0 Å². The third-order valence-corrected chi connectivity index (χ3v) is 2.67. The van der Waals surface area contributed by atoms with Gasteiger partial charge in [-0.3, -0.25) is 4.98 Å². The molecular weight excluding hydrogens is 212 g/mol. The Morgan fingerprint density at radius 3 is 2.65 bits per heavy atom. The molecule has 0 N–H and O–H groups in total. The molecule has 0 amide bonds. The zero-order valence-corrected chi connectivity index (χ0v) is 10.6. The van der Waals surface area contributed by atoms with Gasteiger partial charge < -0.3 is 4.57 Å². The molecule has 0 saturated carbocycles. The minimum atomic E-state index is 0.0307. The number of aromatic nitrogens is 4. The second-order valence-corrected chi connectivity index (χ2v) is 5.11. The molecule has 0 radical (unpaired) electrons. The van der Waals surface area contributed by atoms with Crippen LogP contribution in [0.5, 0.6) is 0 Å². The molecule has 90 valence electrons. The molecule has 0 saturated heterocycles. The Hall–Kier alpha value is -1.71. The predicted molar refractivity (Wildman–Crippen MR) is 66.7 cm³/mol. The van der Waals surface area contributed by atoms with Gasteiger partial charge in [0.2, 0.25) is 0 Å². The van der Waals surface area contributed by atoms with E-state index in [0.717, 1.165) is 24.4 Å². The largest absolute Gasteiger partial charge is 0.312 e. The van der Waals surface area contributed by atoms with Crippen LogP contribution in [0.1, 0.15) is 32.3 Å². The fourth-order valence-electron chi connectivity index (χ4n) is 1.78. The Bertz CT molecular complexity index is 468. The molecule has 0 aliphatic rings. The molecule has 2 aromatic rings. The topological polar surface area (TPSA) is 43.6 Å². The lowest BCUT2D eigenvalue weighted by molar-refractivity contribution is 0.381. The van der Waals surface area contributed by atoms with Gasteiger partial charge in [-0.05, 0) is 39.3 Å². The number of pyridine rings is 1. The first-order valence-electron chi connectivity index (χ1n) is 5.86. The van der Waals surface area contributed by atoms with E-state index in [-0.39, 0.29) is 5.54 Å².